The van der Waals surface area contributed by atoms with Crippen molar-refractivity contribution in [3.63, 3.8) is 0 Å². The van der Waals surface area contributed by atoms with Gasteiger partial charge in [0.1, 0.15) is 5.75 Å². The highest BCUT2D eigenvalue weighted by atomic mass is 32.1. The fraction of sp³-hybridized carbons (Fsp3) is 0.273. The van der Waals surface area contributed by atoms with Gasteiger partial charge in [-0.1, -0.05) is 12.1 Å². The topological polar surface area (TPSA) is 137 Å². The molecule has 32 heavy (non-hydrogen) atoms. The van der Waals surface area contributed by atoms with Gasteiger partial charge in [-0.15, -0.1) is 0 Å². The summed E-state index contributed by atoms with van der Waals surface area (Å²) in [5, 5.41) is -0.229. The molecule has 2 aromatic rings. The first-order valence-corrected chi connectivity index (χ1v) is 10.3. The monoisotopic (exact) mass is 456 g/mol. The fourth-order valence-electron chi connectivity index (χ4n) is 3.08. The van der Waals surface area contributed by atoms with Crippen molar-refractivity contribution in [3.8, 4) is 5.75 Å². The molecule has 2 aromatic carbocycles. The smallest absolute Gasteiger partial charge is 0.417 e. The molecule has 1 saturated heterocycles. The van der Waals surface area contributed by atoms with Crippen LogP contribution in [0.4, 0.5) is 10.5 Å². The van der Waals surface area contributed by atoms with Crippen molar-refractivity contribution in [3.05, 3.63) is 59.7 Å². The normalized spacial score (nSPS) is 15.8. The molecule has 0 radical (unpaired) electrons. The number of amides is 2. The number of nitrogens with zero attached hydrogens (tertiary/aromatic N) is 2. The number of ether oxygens (including phenoxy) is 2. The molecule has 0 aliphatic carbocycles. The molecule has 9 nitrogen and oxygen atoms in total. The third kappa shape index (κ3) is 5.38. The van der Waals surface area contributed by atoms with Crippen molar-refractivity contribution in [1.29, 1.82) is 0 Å². The van der Waals surface area contributed by atoms with E-state index in [0.29, 0.717) is 23.4 Å². The second-order valence-electron chi connectivity index (χ2n) is 7.68. The molecule has 1 heterocycles. The first-order valence-electron chi connectivity index (χ1n) is 9.81. The highest BCUT2D eigenvalue weighted by Gasteiger charge is 2.46. The standard InChI is InChI=1S/C22H24N4O5S/c1-22(2)19(28)26(21(29)31-22)12-11-17(32)13-5-9-16(10-6-13)30-18(27)14-3-7-15(8-4-14)25-20(23)24/h3-10,17,32H,11-12H2,1-2H3,(H4,23,24,25). The number of hydrogen-bond acceptors (Lipinski definition) is 7. The van der Waals surface area contributed by atoms with Crippen LogP contribution in [0, 0.1) is 0 Å². The quantitative estimate of drug-likeness (QED) is 0.191. The predicted molar refractivity (Wildman–Crippen MR) is 122 cm³/mol. The number of thiol groups is 1. The molecule has 0 bridgehead atoms. The van der Waals surface area contributed by atoms with Crippen molar-refractivity contribution in [2.45, 2.75) is 31.1 Å². The van der Waals surface area contributed by atoms with Gasteiger partial charge in [-0.3, -0.25) is 4.79 Å². The maximum atomic E-state index is 12.3. The van der Waals surface area contributed by atoms with E-state index in [2.05, 4.69) is 17.6 Å². The molecule has 4 N–H and O–H groups in total. The summed E-state index contributed by atoms with van der Waals surface area (Å²) in [7, 11) is 0. The summed E-state index contributed by atoms with van der Waals surface area (Å²) in [6, 6.07) is 13.2. The van der Waals surface area contributed by atoms with Crippen LogP contribution in [0.5, 0.6) is 5.75 Å². The van der Waals surface area contributed by atoms with E-state index in [-0.39, 0.29) is 23.7 Å². The Morgan fingerprint density at radius 1 is 1.12 bits per heavy atom. The summed E-state index contributed by atoms with van der Waals surface area (Å²) < 4.78 is 10.5. The molecule has 0 saturated carbocycles. The molecule has 1 aliphatic heterocycles. The first-order chi connectivity index (χ1) is 15.1. The van der Waals surface area contributed by atoms with E-state index in [4.69, 9.17) is 20.9 Å². The predicted octanol–water partition coefficient (Wildman–Crippen LogP) is 2.93. The molecule has 0 aromatic heterocycles. The molecule has 168 valence electrons. The van der Waals surface area contributed by atoms with E-state index in [1.165, 1.54) is 0 Å². The Kier molecular flexibility index (Phi) is 6.73. The lowest BCUT2D eigenvalue weighted by atomic mass is 10.1. The van der Waals surface area contributed by atoms with Gasteiger partial charge in [0.05, 0.1) is 11.3 Å². The van der Waals surface area contributed by atoms with Crippen LogP contribution in [-0.2, 0) is 9.53 Å². The molecule has 1 atom stereocenters. The first kappa shape index (κ1) is 23.1. The minimum Gasteiger partial charge on any atom is -0.433 e. The highest BCUT2D eigenvalue weighted by molar-refractivity contribution is 7.80. The van der Waals surface area contributed by atoms with E-state index in [1.54, 1.807) is 62.4 Å². The zero-order valence-electron chi connectivity index (χ0n) is 17.6. The van der Waals surface area contributed by atoms with Crippen LogP contribution in [0.1, 0.15) is 41.4 Å². The molecule has 10 heteroatoms. The van der Waals surface area contributed by atoms with Crippen molar-refractivity contribution in [2.75, 3.05) is 6.54 Å². The van der Waals surface area contributed by atoms with Gasteiger partial charge in [-0.05, 0) is 62.2 Å². The average Bonchev–Trinajstić information content (AvgIpc) is 2.93. The molecule has 2 amide bonds. The van der Waals surface area contributed by atoms with Crippen LogP contribution in [0.25, 0.3) is 0 Å². The third-order valence-electron chi connectivity index (χ3n) is 4.79. The number of hydrogen-bond donors (Lipinski definition) is 3. The van der Waals surface area contributed by atoms with Crippen LogP contribution < -0.4 is 16.2 Å². The minimum absolute atomic E-state index is 0.0706. The Labute approximate surface area is 190 Å². The zero-order chi connectivity index (χ0) is 23.5. The maximum Gasteiger partial charge on any atom is 0.417 e. The second-order valence-corrected chi connectivity index (χ2v) is 8.30. The average molecular weight is 457 g/mol. The number of imide groups is 1. The van der Waals surface area contributed by atoms with Gasteiger partial charge in [0, 0.05) is 11.8 Å². The van der Waals surface area contributed by atoms with Gasteiger partial charge < -0.3 is 20.9 Å². The van der Waals surface area contributed by atoms with Crippen LogP contribution in [0.2, 0.25) is 0 Å². The van der Waals surface area contributed by atoms with Crippen LogP contribution in [-0.4, -0.2) is 41.0 Å². The van der Waals surface area contributed by atoms with E-state index >= 15 is 0 Å². The van der Waals surface area contributed by atoms with Crippen molar-refractivity contribution in [1.82, 2.24) is 4.90 Å². The molecule has 1 fully saturated rings. The Morgan fingerprint density at radius 2 is 1.75 bits per heavy atom. The van der Waals surface area contributed by atoms with Gasteiger partial charge in [0.15, 0.2) is 11.6 Å². The number of aliphatic imine (C=N–C) groups is 1. The van der Waals surface area contributed by atoms with Gasteiger partial charge >= 0.3 is 12.1 Å². The van der Waals surface area contributed by atoms with E-state index < -0.39 is 17.7 Å². The summed E-state index contributed by atoms with van der Waals surface area (Å²) in [5.41, 5.74) is 11.2. The van der Waals surface area contributed by atoms with Gasteiger partial charge in [-0.2, -0.15) is 12.6 Å². The van der Waals surface area contributed by atoms with Crippen LogP contribution >= 0.6 is 12.6 Å². The van der Waals surface area contributed by atoms with Crippen molar-refractivity contribution in [2.24, 2.45) is 16.5 Å². The Bertz CT molecular complexity index is 1050. The number of esters is 1. The van der Waals surface area contributed by atoms with Crippen LogP contribution in [0.3, 0.4) is 0 Å². The molecule has 1 aliphatic rings. The molecular weight excluding hydrogens is 432 g/mol. The number of benzene rings is 2. The minimum atomic E-state index is -1.14. The Hall–Kier alpha value is -3.53. The summed E-state index contributed by atoms with van der Waals surface area (Å²) in [5.74, 6) is -0.590. The summed E-state index contributed by atoms with van der Waals surface area (Å²) in [6.07, 6.45) is -0.199. The Balaban J connectivity index is 1.56. The number of nitrogens with two attached hydrogens (primary N) is 2. The van der Waals surface area contributed by atoms with E-state index in [0.717, 1.165) is 10.5 Å². The largest absolute Gasteiger partial charge is 0.433 e. The number of cyclic esters (lactones) is 1. The number of guanidine groups is 1. The second kappa shape index (κ2) is 9.31. The number of rotatable bonds is 7. The number of carbonyl (C=O) groups excluding carboxylic acids is 3. The van der Waals surface area contributed by atoms with Gasteiger partial charge in [-0.25, -0.2) is 19.5 Å². The summed E-state index contributed by atoms with van der Waals surface area (Å²) in [4.78, 5) is 41.4. The summed E-state index contributed by atoms with van der Waals surface area (Å²) in [6.45, 7) is 3.31. The molecular formula is C22H24N4O5S. The highest BCUT2D eigenvalue weighted by Crippen LogP contribution is 2.29. The lowest BCUT2D eigenvalue weighted by molar-refractivity contribution is -0.134. The number of carbonyl (C=O) groups is 3. The fourth-order valence-corrected chi connectivity index (χ4v) is 3.37. The zero-order valence-corrected chi connectivity index (χ0v) is 18.5. The Morgan fingerprint density at radius 3 is 2.28 bits per heavy atom. The SMILES string of the molecule is CC1(C)OC(=O)N(CCC(S)c2ccc(OC(=O)c3ccc(N=C(N)N)cc3)cc2)C1=O. The summed E-state index contributed by atoms with van der Waals surface area (Å²) >= 11 is 4.56. The third-order valence-corrected chi connectivity index (χ3v) is 5.34. The maximum absolute atomic E-state index is 12.3. The lowest BCUT2D eigenvalue weighted by Gasteiger charge is -2.16. The molecule has 3 rings (SSSR count). The van der Waals surface area contributed by atoms with Crippen LogP contribution in [0.15, 0.2) is 53.5 Å². The van der Waals surface area contributed by atoms with E-state index in [9.17, 15) is 14.4 Å². The lowest BCUT2D eigenvalue weighted by Crippen LogP contribution is -2.37. The van der Waals surface area contributed by atoms with Gasteiger partial charge in [0.25, 0.3) is 5.91 Å². The molecule has 0 spiro atoms. The van der Waals surface area contributed by atoms with E-state index in [1.807, 2.05) is 0 Å². The van der Waals surface area contributed by atoms with Crippen molar-refractivity contribution < 1.29 is 23.9 Å². The van der Waals surface area contributed by atoms with Gasteiger partial charge in [0.2, 0.25) is 0 Å². The molecule has 1 unspecified atom stereocenters. The van der Waals surface area contributed by atoms with Crippen molar-refractivity contribution >= 4 is 42.2 Å².